The van der Waals surface area contributed by atoms with Gasteiger partial charge in [-0.25, -0.2) is 15.0 Å². The largest absolute Gasteiger partial charge is 0.391 e. The van der Waals surface area contributed by atoms with Crippen LogP contribution >= 0.6 is 22.7 Å². The Labute approximate surface area is 565 Å². The maximum absolute atomic E-state index is 15.8. The average Bonchev–Trinajstić information content (AvgIpc) is 1.13. The number of fused-ring (bicyclic) bond motifs is 2. The highest BCUT2D eigenvalue weighted by atomic mass is 32.1. The Balaban J connectivity index is 0.726. The van der Waals surface area contributed by atoms with Crippen LogP contribution in [0.1, 0.15) is 163 Å². The van der Waals surface area contributed by atoms with E-state index in [0.717, 1.165) is 137 Å². The van der Waals surface area contributed by atoms with Crippen LogP contribution in [-0.2, 0) is 32.1 Å². The van der Waals surface area contributed by atoms with Crippen LogP contribution in [0.25, 0.3) is 31.8 Å². The van der Waals surface area contributed by atoms with E-state index in [2.05, 4.69) is 69.2 Å². The number of nitrogens with one attached hydrogen (secondary N) is 3. The number of aromatic nitrogens is 7. The molecule has 3 saturated heterocycles. The number of hydrogen-bond acceptors (Lipinski definition) is 17. The third kappa shape index (κ3) is 12.9. The summed E-state index contributed by atoms with van der Waals surface area (Å²) in [6, 6.07) is 17.7. The minimum atomic E-state index is -1.05. The molecule has 4 aliphatic carbocycles. The number of likely N-dealkylation sites (tertiary alicyclic amines) is 3. The Morgan fingerprint density at radius 1 is 0.821 bits per heavy atom. The van der Waals surface area contributed by atoms with Gasteiger partial charge in [0, 0.05) is 73.6 Å². The van der Waals surface area contributed by atoms with Crippen molar-refractivity contribution in [3.05, 3.63) is 106 Å². The molecular weight excluding hydrogens is 1230 g/mol. The summed E-state index contributed by atoms with van der Waals surface area (Å²) in [5.41, 5.74) is 9.74. The van der Waals surface area contributed by atoms with Crippen LogP contribution in [0.5, 0.6) is 0 Å². The van der Waals surface area contributed by atoms with Gasteiger partial charge in [-0.05, 0) is 175 Å². The quantitative estimate of drug-likeness (QED) is 0.0626. The molecule has 2 aromatic carbocycles. The van der Waals surface area contributed by atoms with E-state index in [1.807, 2.05) is 101 Å². The second-order valence-corrected chi connectivity index (χ2v) is 32.8. The Bertz CT molecular complexity index is 4020. The van der Waals surface area contributed by atoms with Gasteiger partial charge in [0.15, 0.2) is 16.8 Å². The lowest BCUT2D eigenvalue weighted by molar-refractivity contribution is -0.248. The van der Waals surface area contributed by atoms with Gasteiger partial charge in [0.1, 0.15) is 23.6 Å². The minimum absolute atomic E-state index is 0.00742. The van der Waals surface area contributed by atoms with Crippen molar-refractivity contribution in [3.8, 4) is 21.6 Å². The molecule has 20 nitrogen and oxygen atoms in total. The van der Waals surface area contributed by atoms with Crippen molar-refractivity contribution in [1.29, 1.82) is 0 Å². The summed E-state index contributed by atoms with van der Waals surface area (Å²) in [4.78, 5) is 83.3. The molecule has 4 amide bonds. The number of nitrogens with zero attached hydrogens (tertiary/aromatic N) is 11. The number of para-hydroxylation sites is 1. The van der Waals surface area contributed by atoms with E-state index in [9.17, 15) is 19.5 Å². The molecule has 4 saturated carbocycles. The van der Waals surface area contributed by atoms with E-state index >= 15 is 4.79 Å². The number of ether oxygens (including phenoxy) is 1. The highest BCUT2D eigenvalue weighted by Crippen LogP contribution is 2.72. The number of carbonyl (C=O) groups is 4. The Hall–Kier alpha value is -7.24. The van der Waals surface area contributed by atoms with Gasteiger partial charge in [-0.15, -0.1) is 21.5 Å². The number of hydrogen-bond donors (Lipinski definition) is 4. The summed E-state index contributed by atoms with van der Waals surface area (Å²) in [6.07, 6.45) is 12.9. The molecule has 8 aliphatic rings. The number of aryl methyl sites for hydroxylation is 1. The summed E-state index contributed by atoms with van der Waals surface area (Å²) in [5, 5.41) is 36.3. The van der Waals surface area contributed by atoms with Crippen molar-refractivity contribution in [1.82, 2.24) is 60.3 Å². The minimum Gasteiger partial charge on any atom is -0.391 e. The molecule has 7 fully saturated rings. The molecule has 5 aromatic heterocycles. The van der Waals surface area contributed by atoms with Gasteiger partial charge in [0.2, 0.25) is 17.7 Å². The van der Waals surface area contributed by atoms with Crippen LogP contribution in [0.2, 0.25) is 0 Å². The lowest BCUT2D eigenvalue weighted by atomic mass is 9.39. The van der Waals surface area contributed by atoms with Crippen molar-refractivity contribution in [2.24, 2.45) is 27.6 Å². The van der Waals surface area contributed by atoms with Crippen LogP contribution < -0.4 is 20.9 Å². The summed E-state index contributed by atoms with van der Waals surface area (Å²) >= 11 is 3.15. The Morgan fingerprint density at radius 3 is 2.33 bits per heavy atom. The maximum atomic E-state index is 15.8. The zero-order valence-electron chi connectivity index (χ0n) is 56.6. The van der Waals surface area contributed by atoms with Gasteiger partial charge in [-0.2, -0.15) is 5.10 Å². The Kier molecular flexibility index (Phi) is 17.3. The van der Waals surface area contributed by atoms with Crippen molar-refractivity contribution >= 4 is 79.1 Å². The summed E-state index contributed by atoms with van der Waals surface area (Å²) in [7, 11) is 0. The van der Waals surface area contributed by atoms with Crippen LogP contribution in [0.15, 0.2) is 72.4 Å². The maximum Gasteiger partial charge on any atom is 0.273 e. The number of rotatable bonds is 18. The number of thiazole rings is 2. The number of carbonyl (C=O) groups excluding carboxylic acids is 4. The fraction of sp³-hybridized carbons (Fsp3) is 0.562. The van der Waals surface area contributed by atoms with Gasteiger partial charge >= 0.3 is 0 Å². The van der Waals surface area contributed by atoms with E-state index in [1.165, 1.54) is 24.2 Å². The molecule has 0 radical (unpaired) electrons. The topological polar surface area (TPSA) is 229 Å². The number of aliphatic hydroxyl groups is 1. The molecule has 22 heteroatoms. The number of β-amino-alcohol motifs (C(OH)–C–C–N with tert-alkyl or cyclic N) is 1. The van der Waals surface area contributed by atoms with Crippen molar-refractivity contribution in [2.45, 2.75) is 182 Å². The van der Waals surface area contributed by atoms with Gasteiger partial charge < -0.3 is 45.4 Å². The first-order valence-corrected chi connectivity index (χ1v) is 36.2. The highest BCUT2D eigenvalue weighted by Gasteiger charge is 2.66. The fourth-order valence-corrected chi connectivity index (χ4v) is 20.1. The van der Waals surface area contributed by atoms with Gasteiger partial charge in [0.25, 0.3) is 5.91 Å². The van der Waals surface area contributed by atoms with Gasteiger partial charge in [-0.1, -0.05) is 82.4 Å². The second kappa shape index (κ2) is 25.3. The van der Waals surface area contributed by atoms with Crippen LogP contribution in [-0.4, -0.2) is 155 Å². The zero-order valence-corrected chi connectivity index (χ0v) is 58.2. The van der Waals surface area contributed by atoms with Crippen LogP contribution in [0.3, 0.4) is 0 Å². The zero-order chi connectivity index (χ0) is 66.3. The number of piperidine rings is 1. The van der Waals surface area contributed by atoms with E-state index in [-0.39, 0.29) is 70.8 Å². The lowest BCUT2D eigenvalue weighted by Crippen LogP contribution is -2.64. The standard InChI is InChI=1S/C73H92N14O6S2/c1-44-52-17-15-29-85(63(52)82-81-62(44)80-68-77-55-18-10-11-19-57(55)95-68)58-25-24-53(54-33-75-87(47(54)4)42-72-37-70(8)36-71(9,38-72)40-73(39-70,41-72)93-31-30-83-26-12-13-27-83)59(78-58)66(91)84-28-14-16-50(34-84)64(89)79-61(69(5,6)7)67(92)86-35-51(88)32-56(86)65(90)76-45(2)48-20-22-49(23-21-48)60-46(3)74-43-94-60/h10-11,18-25,33,43,45,50-51,56,61,88H,12-17,26-32,34-42H2,1-9H3,(H,76,90)(H,79,89)(H,77,80,81)/t45-,50-,51+,56-,61+,70?,71?,72?,73?/m0/s1. The van der Waals surface area contributed by atoms with Crippen LogP contribution in [0.4, 0.5) is 22.6 Å². The number of anilines is 4. The van der Waals surface area contributed by atoms with Gasteiger partial charge in [-0.3, -0.25) is 23.9 Å². The molecule has 4 aliphatic heterocycles. The summed E-state index contributed by atoms with van der Waals surface area (Å²) in [5.74, 6) is -0.256. The van der Waals surface area contributed by atoms with Gasteiger partial charge in [0.05, 0.1) is 62.8 Å². The molecule has 7 aromatic rings. The van der Waals surface area contributed by atoms with Crippen molar-refractivity contribution < 1.29 is 29.0 Å². The SMILES string of the molecule is Cc1ncsc1-c1ccc([C@H](C)NC(=O)[C@@H]2C[C@@H](O)CN2C(=O)[C@@H](NC(=O)[C@H]2CCCN(C(=O)c3nc(N4CCCc5c4nnc(Nc4nc6ccccc6s4)c5C)ccc3-c3cnn(CC45CC6(C)CC(C)(C4)CC(OCCN4CCCC4)(C6)C5)c3C)C2)C(C)(C)C)cc1. The predicted molar refractivity (Wildman–Crippen MR) is 371 cm³/mol. The first kappa shape index (κ1) is 65.1. The Morgan fingerprint density at radius 2 is 1.59 bits per heavy atom. The fourth-order valence-electron chi connectivity index (χ4n) is 18.5. The summed E-state index contributed by atoms with van der Waals surface area (Å²) in [6.45, 7) is 24.6. The second-order valence-electron chi connectivity index (χ2n) is 30.9. The van der Waals surface area contributed by atoms with Crippen molar-refractivity contribution in [3.63, 3.8) is 0 Å². The smallest absolute Gasteiger partial charge is 0.273 e. The molecule has 9 heterocycles. The monoisotopic (exact) mass is 1320 g/mol. The number of benzene rings is 2. The molecule has 2 unspecified atom stereocenters. The predicted octanol–water partition coefficient (Wildman–Crippen LogP) is 11.7. The average molecular weight is 1330 g/mol. The third-order valence-corrected chi connectivity index (χ3v) is 23.9. The van der Waals surface area contributed by atoms with E-state index in [1.54, 1.807) is 27.6 Å². The van der Waals surface area contributed by atoms with Crippen LogP contribution in [0, 0.1) is 48.3 Å². The highest BCUT2D eigenvalue weighted by molar-refractivity contribution is 7.22. The summed E-state index contributed by atoms with van der Waals surface area (Å²) < 4.78 is 10.4. The molecule has 502 valence electrons. The molecule has 7 atom stereocenters. The van der Waals surface area contributed by atoms with Crippen molar-refractivity contribution in [2.75, 3.05) is 62.6 Å². The number of amides is 4. The molecule has 95 heavy (non-hydrogen) atoms. The molecule has 15 rings (SSSR count). The number of aliphatic hydroxyl groups excluding tert-OH is 1. The normalized spacial score (nSPS) is 26.5. The molecule has 4 bridgehead atoms. The lowest BCUT2D eigenvalue weighted by Gasteiger charge is -2.69. The van der Waals surface area contributed by atoms with E-state index in [4.69, 9.17) is 30.0 Å². The van der Waals surface area contributed by atoms with E-state index < -0.39 is 35.4 Å². The molecular formula is C73H92N14O6S2. The molecule has 0 spiro atoms. The first-order valence-electron chi connectivity index (χ1n) is 34.5. The van der Waals surface area contributed by atoms with E-state index in [0.29, 0.717) is 48.9 Å². The molecule has 4 N–H and O–H groups in total. The number of pyridine rings is 1. The first-order chi connectivity index (χ1) is 45.4. The third-order valence-electron chi connectivity index (χ3n) is 21.9.